The molecule has 1 aliphatic rings. The average molecular weight is 336 g/mol. The van der Waals surface area contributed by atoms with Crippen LogP contribution in [0.2, 0.25) is 0 Å². The van der Waals surface area contributed by atoms with Crippen LogP contribution in [0.1, 0.15) is 42.9 Å². The summed E-state index contributed by atoms with van der Waals surface area (Å²) >= 11 is 3.14. The average Bonchev–Trinajstić information content (AvgIpc) is 3.11. The van der Waals surface area contributed by atoms with Crippen molar-refractivity contribution in [1.82, 2.24) is 20.1 Å². The highest BCUT2D eigenvalue weighted by Crippen LogP contribution is 2.22. The van der Waals surface area contributed by atoms with Crippen LogP contribution in [-0.2, 0) is 17.8 Å². The van der Waals surface area contributed by atoms with Gasteiger partial charge < -0.3 is 9.88 Å². The first-order valence-corrected chi connectivity index (χ1v) is 9.48. The molecule has 0 fully saturated rings. The van der Waals surface area contributed by atoms with Crippen molar-refractivity contribution in [3.8, 4) is 0 Å². The molecule has 3 heterocycles. The Kier molecular flexibility index (Phi) is 5.15. The lowest BCUT2D eigenvalue weighted by molar-refractivity contribution is -0.119. The Morgan fingerprint density at radius 1 is 1.45 bits per heavy atom. The third kappa shape index (κ3) is 3.70. The molecule has 2 aromatic heterocycles. The fraction of sp³-hybridized carbons (Fsp3) is 0.533. The summed E-state index contributed by atoms with van der Waals surface area (Å²) in [5.41, 5.74) is 0. The number of hydrogen-bond donors (Lipinski definition) is 1. The number of thiophene rings is 1. The van der Waals surface area contributed by atoms with E-state index in [0.717, 1.165) is 23.9 Å². The maximum Gasteiger partial charge on any atom is 0.230 e. The van der Waals surface area contributed by atoms with Crippen molar-refractivity contribution >= 4 is 29.0 Å². The molecule has 0 unspecified atom stereocenters. The van der Waals surface area contributed by atoms with Crippen LogP contribution >= 0.6 is 23.1 Å². The van der Waals surface area contributed by atoms with Crippen LogP contribution in [0.5, 0.6) is 0 Å². The number of aromatic nitrogens is 3. The lowest BCUT2D eigenvalue weighted by atomic mass is 10.2. The first-order chi connectivity index (χ1) is 10.7. The fourth-order valence-electron chi connectivity index (χ4n) is 2.59. The highest BCUT2D eigenvalue weighted by Gasteiger charge is 2.17. The summed E-state index contributed by atoms with van der Waals surface area (Å²) in [4.78, 5) is 13.3. The van der Waals surface area contributed by atoms with Crippen molar-refractivity contribution in [1.29, 1.82) is 0 Å². The predicted octanol–water partition coefficient (Wildman–Crippen LogP) is 3.04. The van der Waals surface area contributed by atoms with Gasteiger partial charge in [0.1, 0.15) is 5.82 Å². The van der Waals surface area contributed by atoms with Crippen LogP contribution in [0.15, 0.2) is 22.7 Å². The van der Waals surface area contributed by atoms with E-state index in [1.54, 1.807) is 11.3 Å². The van der Waals surface area contributed by atoms with E-state index in [0.29, 0.717) is 5.75 Å². The van der Waals surface area contributed by atoms with Crippen molar-refractivity contribution in [2.75, 3.05) is 5.75 Å². The van der Waals surface area contributed by atoms with Gasteiger partial charge in [-0.15, -0.1) is 21.5 Å². The zero-order chi connectivity index (χ0) is 15.4. The highest BCUT2D eigenvalue weighted by molar-refractivity contribution is 7.99. The SMILES string of the molecule is C[C@@H](NC(=O)CSc1nnc2n1CCCCC2)c1cccs1. The number of carbonyl (C=O) groups is 1. The summed E-state index contributed by atoms with van der Waals surface area (Å²) in [6, 6.07) is 4.10. The largest absolute Gasteiger partial charge is 0.348 e. The van der Waals surface area contributed by atoms with E-state index >= 15 is 0 Å². The molecule has 2 aromatic rings. The predicted molar refractivity (Wildman–Crippen MR) is 89.2 cm³/mol. The van der Waals surface area contributed by atoms with Crippen LogP contribution < -0.4 is 5.32 Å². The second-order valence-electron chi connectivity index (χ2n) is 5.45. The molecule has 3 rings (SSSR count). The Balaban J connectivity index is 1.54. The highest BCUT2D eigenvalue weighted by atomic mass is 32.2. The molecule has 0 aromatic carbocycles. The maximum absolute atomic E-state index is 12.1. The number of aryl methyl sites for hydroxylation is 1. The van der Waals surface area contributed by atoms with E-state index in [-0.39, 0.29) is 11.9 Å². The second-order valence-corrected chi connectivity index (χ2v) is 7.38. The number of hydrogen-bond acceptors (Lipinski definition) is 5. The number of nitrogens with one attached hydrogen (secondary N) is 1. The van der Waals surface area contributed by atoms with Crippen LogP contribution in [0.3, 0.4) is 0 Å². The summed E-state index contributed by atoms with van der Waals surface area (Å²) in [7, 11) is 0. The van der Waals surface area contributed by atoms with E-state index in [2.05, 4.69) is 20.1 Å². The minimum atomic E-state index is 0.0388. The van der Waals surface area contributed by atoms with Gasteiger partial charge in [-0.3, -0.25) is 4.79 Å². The Hall–Kier alpha value is -1.34. The lowest BCUT2D eigenvalue weighted by Gasteiger charge is -2.12. The molecule has 1 atom stereocenters. The van der Waals surface area contributed by atoms with Gasteiger partial charge in [0.25, 0.3) is 0 Å². The van der Waals surface area contributed by atoms with Crippen molar-refractivity contribution in [2.45, 2.75) is 50.4 Å². The number of thioether (sulfide) groups is 1. The van der Waals surface area contributed by atoms with Gasteiger partial charge in [0.2, 0.25) is 5.91 Å². The van der Waals surface area contributed by atoms with E-state index < -0.39 is 0 Å². The first-order valence-electron chi connectivity index (χ1n) is 7.61. The smallest absolute Gasteiger partial charge is 0.230 e. The number of rotatable bonds is 5. The molecule has 5 nitrogen and oxygen atoms in total. The minimum absolute atomic E-state index is 0.0388. The van der Waals surface area contributed by atoms with Gasteiger partial charge in [-0.2, -0.15) is 0 Å². The molecule has 22 heavy (non-hydrogen) atoms. The van der Waals surface area contributed by atoms with Crippen molar-refractivity contribution in [3.63, 3.8) is 0 Å². The van der Waals surface area contributed by atoms with Gasteiger partial charge in [-0.05, 0) is 31.2 Å². The van der Waals surface area contributed by atoms with Gasteiger partial charge in [0.15, 0.2) is 5.16 Å². The molecule has 0 spiro atoms. The Bertz CT molecular complexity index is 624. The zero-order valence-corrected chi connectivity index (χ0v) is 14.3. The van der Waals surface area contributed by atoms with Gasteiger partial charge in [0, 0.05) is 17.8 Å². The third-order valence-corrected chi connectivity index (χ3v) is 5.78. The number of fused-ring (bicyclic) bond motifs is 1. The number of amides is 1. The Morgan fingerprint density at radius 3 is 3.18 bits per heavy atom. The molecular formula is C15H20N4OS2. The molecule has 1 N–H and O–H groups in total. The van der Waals surface area contributed by atoms with E-state index in [9.17, 15) is 4.79 Å². The quantitative estimate of drug-likeness (QED) is 0.853. The van der Waals surface area contributed by atoms with Gasteiger partial charge in [-0.1, -0.05) is 24.2 Å². The molecule has 1 aliphatic heterocycles. The molecule has 1 amide bonds. The molecule has 0 bridgehead atoms. The minimum Gasteiger partial charge on any atom is -0.348 e. The zero-order valence-electron chi connectivity index (χ0n) is 12.6. The summed E-state index contributed by atoms with van der Waals surface area (Å²) in [5, 5.41) is 14.4. The van der Waals surface area contributed by atoms with Crippen LogP contribution in [0.25, 0.3) is 0 Å². The number of carbonyl (C=O) groups excluding carboxylic acids is 1. The van der Waals surface area contributed by atoms with Crippen LogP contribution in [-0.4, -0.2) is 26.4 Å². The summed E-state index contributed by atoms with van der Waals surface area (Å²) in [6.45, 7) is 2.98. The standard InChI is InChI=1S/C15H20N4OS2/c1-11(12-6-5-9-21-12)16-14(20)10-22-15-18-17-13-7-3-2-4-8-19(13)15/h5-6,9,11H,2-4,7-8,10H2,1H3,(H,16,20)/t11-/m1/s1. The Labute approximate surface area is 138 Å². The monoisotopic (exact) mass is 336 g/mol. The summed E-state index contributed by atoms with van der Waals surface area (Å²) < 4.78 is 2.17. The van der Waals surface area contributed by atoms with Gasteiger partial charge >= 0.3 is 0 Å². The van der Waals surface area contributed by atoms with Crippen LogP contribution in [0.4, 0.5) is 0 Å². The van der Waals surface area contributed by atoms with Crippen molar-refractivity contribution in [2.24, 2.45) is 0 Å². The van der Waals surface area contributed by atoms with Gasteiger partial charge in [-0.25, -0.2) is 0 Å². The van der Waals surface area contributed by atoms with E-state index in [1.165, 1.54) is 35.9 Å². The third-order valence-electron chi connectivity index (χ3n) is 3.76. The topological polar surface area (TPSA) is 59.8 Å². The summed E-state index contributed by atoms with van der Waals surface area (Å²) in [6.07, 6.45) is 4.59. The van der Waals surface area contributed by atoms with E-state index in [1.807, 2.05) is 24.4 Å². The fourth-order valence-corrected chi connectivity index (χ4v) is 4.12. The molecule has 0 radical (unpaired) electrons. The number of nitrogens with zero attached hydrogens (tertiary/aromatic N) is 3. The molecule has 7 heteroatoms. The molecule has 0 saturated carbocycles. The molecular weight excluding hydrogens is 316 g/mol. The second kappa shape index (κ2) is 7.28. The van der Waals surface area contributed by atoms with Crippen LogP contribution in [0, 0.1) is 0 Å². The molecule has 118 valence electrons. The first kappa shape index (κ1) is 15.6. The maximum atomic E-state index is 12.1. The van der Waals surface area contributed by atoms with Crippen molar-refractivity contribution in [3.05, 3.63) is 28.2 Å². The molecule has 0 saturated heterocycles. The van der Waals surface area contributed by atoms with Gasteiger partial charge in [0.05, 0.1) is 11.8 Å². The summed E-state index contributed by atoms with van der Waals surface area (Å²) in [5.74, 6) is 1.48. The van der Waals surface area contributed by atoms with Crippen molar-refractivity contribution < 1.29 is 4.79 Å². The Morgan fingerprint density at radius 2 is 2.36 bits per heavy atom. The lowest BCUT2D eigenvalue weighted by Crippen LogP contribution is -2.27. The normalized spacial score (nSPS) is 15.9. The molecule has 0 aliphatic carbocycles. The van der Waals surface area contributed by atoms with E-state index in [4.69, 9.17) is 0 Å².